The molecule has 0 unspecified atom stereocenters. The van der Waals surface area contributed by atoms with E-state index >= 15 is 0 Å². The van der Waals surface area contributed by atoms with E-state index in [0.717, 1.165) is 61.4 Å². The van der Waals surface area contributed by atoms with Gasteiger partial charge in [-0.1, -0.05) is 84.4 Å². The van der Waals surface area contributed by atoms with E-state index in [4.69, 9.17) is 4.98 Å². The molecule has 0 saturated heterocycles. The summed E-state index contributed by atoms with van der Waals surface area (Å²) in [4.78, 5) is 5.27. The van der Waals surface area contributed by atoms with Crippen LogP contribution < -0.4 is 4.57 Å². The second-order valence-electron chi connectivity index (χ2n) is 10.8. The number of para-hydroxylation sites is 8. The Kier molecular flexibility index (Phi) is 6.40. The summed E-state index contributed by atoms with van der Waals surface area (Å²) < 4.78 is 8.35. The van der Waals surface area contributed by atoms with E-state index in [-0.39, 0.29) is 26.8 Å². The van der Waals surface area contributed by atoms with E-state index in [1.807, 2.05) is 63.7 Å². The van der Waals surface area contributed by atoms with Gasteiger partial charge >= 0.3 is 21.1 Å². The minimum atomic E-state index is 0. The smallest absolute Gasteiger partial charge is 0.511 e. The van der Waals surface area contributed by atoms with Crippen molar-refractivity contribution in [3.8, 4) is 33.9 Å². The zero-order valence-electron chi connectivity index (χ0n) is 23.8. The Bertz CT molecular complexity index is 2530. The van der Waals surface area contributed by atoms with Crippen molar-refractivity contribution < 1.29 is 30.7 Å². The van der Waals surface area contributed by atoms with Gasteiger partial charge in [0, 0.05) is 5.69 Å². The third kappa shape index (κ3) is 4.14. The van der Waals surface area contributed by atoms with Gasteiger partial charge in [0.15, 0.2) is 0 Å². The summed E-state index contributed by atoms with van der Waals surface area (Å²) in [5, 5.41) is 10.6. The summed E-state index contributed by atoms with van der Waals surface area (Å²) in [5.74, 6) is 1.06. The monoisotopic (exact) mass is 761 g/mol. The Balaban J connectivity index is 0.00000300. The number of aromatic nitrogens is 5. The van der Waals surface area contributed by atoms with Gasteiger partial charge in [0.25, 0.3) is 6.33 Å². The normalized spacial score (nSPS) is 11.5. The average molecular weight is 762 g/mol. The number of nitrogens with zero attached hydrogens (tertiary/aromatic N) is 5. The molecular formula is C38H24N5OPt+. The van der Waals surface area contributed by atoms with Crippen LogP contribution in [0.1, 0.15) is 0 Å². The summed E-state index contributed by atoms with van der Waals surface area (Å²) in [7, 11) is 0. The molecule has 3 aromatic heterocycles. The predicted molar refractivity (Wildman–Crippen MR) is 173 cm³/mol. The first kappa shape index (κ1) is 27.1. The van der Waals surface area contributed by atoms with Crippen molar-refractivity contribution in [2.45, 2.75) is 0 Å². The fraction of sp³-hybridized carbons (Fsp3) is 0. The zero-order valence-corrected chi connectivity index (χ0v) is 26.1. The van der Waals surface area contributed by atoms with Crippen molar-refractivity contribution in [2.75, 3.05) is 0 Å². The molecule has 6 aromatic carbocycles. The van der Waals surface area contributed by atoms with Gasteiger partial charge in [0.1, 0.15) is 11.4 Å². The van der Waals surface area contributed by atoms with Crippen LogP contribution in [0.5, 0.6) is 5.75 Å². The van der Waals surface area contributed by atoms with Gasteiger partial charge in [0.2, 0.25) is 5.78 Å². The van der Waals surface area contributed by atoms with Crippen LogP contribution in [0, 0.1) is 12.4 Å². The molecule has 7 heteroatoms. The van der Waals surface area contributed by atoms with Gasteiger partial charge in [-0.3, -0.25) is 13.5 Å². The van der Waals surface area contributed by atoms with Crippen molar-refractivity contribution in [2.24, 2.45) is 0 Å². The van der Waals surface area contributed by atoms with Crippen LogP contribution in [0.4, 0.5) is 0 Å². The summed E-state index contributed by atoms with van der Waals surface area (Å²) in [6.45, 7) is 0. The number of rotatable bonds is 4. The van der Waals surface area contributed by atoms with Gasteiger partial charge < -0.3 is 9.67 Å². The minimum Gasteiger partial charge on any atom is -0.511 e. The molecule has 0 aliphatic carbocycles. The Morgan fingerprint density at radius 3 is 2.16 bits per heavy atom. The number of aromatic hydroxyl groups is 1. The molecule has 9 rings (SSSR count). The first-order chi connectivity index (χ1) is 21.8. The molecule has 0 aliphatic rings. The molecule has 0 saturated carbocycles. The largest absolute Gasteiger partial charge is 2.00 e. The minimum absolute atomic E-state index is 0. The van der Waals surface area contributed by atoms with Crippen molar-refractivity contribution >= 4 is 38.9 Å². The van der Waals surface area contributed by atoms with Crippen LogP contribution >= 0.6 is 0 Å². The molecule has 216 valence electrons. The number of hydrogen-bond donors (Lipinski definition) is 1. The van der Waals surface area contributed by atoms with Gasteiger partial charge in [0.05, 0.1) is 33.1 Å². The molecule has 3 heterocycles. The number of hydrogen-bond acceptors (Lipinski definition) is 2. The molecule has 45 heavy (non-hydrogen) atoms. The molecule has 0 spiro atoms. The van der Waals surface area contributed by atoms with Crippen molar-refractivity contribution in [1.29, 1.82) is 0 Å². The number of fused-ring (bicyclic) bond motifs is 6. The van der Waals surface area contributed by atoms with Crippen LogP contribution in [0.3, 0.4) is 0 Å². The van der Waals surface area contributed by atoms with Crippen LogP contribution in [0.2, 0.25) is 0 Å². The maximum atomic E-state index is 10.6. The Hall–Kier alpha value is -5.45. The molecular weight excluding hydrogens is 738 g/mol. The van der Waals surface area contributed by atoms with Crippen molar-refractivity contribution in [1.82, 2.24) is 18.5 Å². The molecule has 0 radical (unpaired) electrons. The number of phenolic OH excluding ortho intramolecular Hbond substituents is 1. The quantitative estimate of drug-likeness (QED) is 0.148. The van der Waals surface area contributed by atoms with Crippen LogP contribution in [0.25, 0.3) is 67.1 Å². The predicted octanol–water partition coefficient (Wildman–Crippen LogP) is 7.62. The zero-order chi connectivity index (χ0) is 29.2. The molecule has 0 amide bonds. The third-order valence-electron chi connectivity index (χ3n) is 8.24. The Morgan fingerprint density at radius 1 is 0.622 bits per heavy atom. The van der Waals surface area contributed by atoms with Crippen molar-refractivity contribution in [3.05, 3.63) is 152 Å². The molecule has 0 aliphatic heterocycles. The maximum Gasteiger partial charge on any atom is 2.00 e. The summed E-state index contributed by atoms with van der Waals surface area (Å²) in [6.07, 6.45) is 3.46. The maximum absolute atomic E-state index is 10.6. The van der Waals surface area contributed by atoms with E-state index < -0.39 is 0 Å². The number of benzene rings is 6. The Labute approximate surface area is 272 Å². The summed E-state index contributed by atoms with van der Waals surface area (Å²) >= 11 is 0. The van der Waals surface area contributed by atoms with Crippen LogP contribution in [0.15, 0.2) is 140 Å². The SMILES string of the molecule is Oc1ccccc1-[n+]1[c-]n(-c2[c-]c(-c3cccc4c3nc3n(-c5ccccc5)c5ccccc5n43)ccc2)c2ccccc21.[Pt+2]. The second-order valence-corrected chi connectivity index (χ2v) is 10.8. The fourth-order valence-corrected chi connectivity index (χ4v) is 6.29. The molecule has 0 atom stereocenters. The van der Waals surface area contributed by atoms with Gasteiger partial charge in [-0.25, -0.2) is 4.98 Å². The molecule has 0 bridgehead atoms. The second kappa shape index (κ2) is 10.6. The first-order valence-corrected chi connectivity index (χ1v) is 14.5. The molecule has 0 fully saturated rings. The first-order valence-electron chi connectivity index (χ1n) is 14.5. The average Bonchev–Trinajstić information content (AvgIpc) is 3.75. The van der Waals surface area contributed by atoms with E-state index in [1.54, 1.807) is 6.07 Å². The summed E-state index contributed by atoms with van der Waals surface area (Å²) in [6, 6.07) is 50.3. The molecule has 9 aromatic rings. The van der Waals surface area contributed by atoms with E-state index in [9.17, 15) is 5.11 Å². The van der Waals surface area contributed by atoms with E-state index in [1.165, 1.54) is 0 Å². The van der Waals surface area contributed by atoms with Crippen LogP contribution in [-0.4, -0.2) is 23.6 Å². The summed E-state index contributed by atoms with van der Waals surface area (Å²) in [5.41, 5.74) is 10.6. The standard InChI is InChI=1S/C38H24N5O.Pt/c44-36-23-9-8-21-34(36)41-25-40(30-17-4-5-18-31(30)41)28-15-10-12-26(24-28)29-16-11-22-35-37(29)39-38-42(27-13-2-1-3-14-27)32-19-6-7-20-33(32)43(35)38;/h1-23,44H;/q-1;+2. The van der Waals surface area contributed by atoms with Gasteiger partial charge in [-0.2, -0.15) is 0 Å². The molecule has 1 N–H and O–H groups in total. The molecule has 6 nitrogen and oxygen atoms in total. The Morgan fingerprint density at radius 2 is 1.31 bits per heavy atom. The number of imidazole rings is 3. The fourth-order valence-electron chi connectivity index (χ4n) is 6.29. The van der Waals surface area contributed by atoms with Gasteiger partial charge in [-0.05, 0) is 48.2 Å². The number of phenols is 1. The van der Waals surface area contributed by atoms with E-state index in [0.29, 0.717) is 5.69 Å². The van der Waals surface area contributed by atoms with Crippen LogP contribution in [-0.2, 0) is 21.1 Å². The van der Waals surface area contributed by atoms with Gasteiger partial charge in [-0.15, -0.1) is 29.8 Å². The third-order valence-corrected chi connectivity index (χ3v) is 8.24. The van der Waals surface area contributed by atoms with E-state index in [2.05, 4.69) is 100 Å². The van der Waals surface area contributed by atoms with Crippen molar-refractivity contribution in [3.63, 3.8) is 0 Å². The topological polar surface area (TPSA) is 51.3 Å².